The van der Waals surface area contributed by atoms with E-state index in [1.54, 1.807) is 29.8 Å². The van der Waals surface area contributed by atoms with Crippen LogP contribution >= 0.6 is 34.7 Å². The van der Waals surface area contributed by atoms with Gasteiger partial charge in [0.25, 0.3) is 5.56 Å². The SMILES string of the molecule is Cc1csc(-c2c3c(=O)n(C)c(=O)n(C)c3c3n2C[C@H](CN2CCOC2=O)S[C@@H]3c2ccc(Cl)o2)n1. The maximum absolute atomic E-state index is 13.6. The summed E-state index contributed by atoms with van der Waals surface area (Å²) in [5.41, 5.74) is 2.06. The van der Waals surface area contributed by atoms with Crippen LogP contribution in [0.4, 0.5) is 4.79 Å². The molecule has 0 aromatic carbocycles. The van der Waals surface area contributed by atoms with Gasteiger partial charge in [-0.25, -0.2) is 14.6 Å². The number of cyclic esters (lactones) is 1. The lowest BCUT2D eigenvalue weighted by molar-refractivity contribution is 0.158. The van der Waals surface area contributed by atoms with Crippen molar-refractivity contribution in [2.45, 2.75) is 24.0 Å². The number of thioether (sulfide) groups is 1. The Morgan fingerprint density at radius 2 is 2.00 bits per heavy atom. The second-order valence-corrected chi connectivity index (χ2v) is 11.5. The maximum Gasteiger partial charge on any atom is 0.409 e. The van der Waals surface area contributed by atoms with Gasteiger partial charge < -0.3 is 18.6 Å². The van der Waals surface area contributed by atoms with E-state index in [9.17, 15) is 14.4 Å². The van der Waals surface area contributed by atoms with Crippen molar-refractivity contribution < 1.29 is 13.9 Å². The average molecular weight is 548 g/mol. The van der Waals surface area contributed by atoms with Crippen molar-refractivity contribution in [1.29, 1.82) is 0 Å². The van der Waals surface area contributed by atoms with Gasteiger partial charge in [-0.1, -0.05) is 0 Å². The zero-order valence-electron chi connectivity index (χ0n) is 19.7. The number of hydrogen-bond acceptors (Lipinski definition) is 8. The van der Waals surface area contributed by atoms with E-state index in [2.05, 4.69) is 4.57 Å². The van der Waals surface area contributed by atoms with Crippen molar-refractivity contribution in [2.24, 2.45) is 14.1 Å². The van der Waals surface area contributed by atoms with Crippen LogP contribution in [-0.2, 0) is 25.4 Å². The third kappa shape index (κ3) is 3.53. The lowest BCUT2D eigenvalue weighted by atomic mass is 10.2. The fraction of sp³-hybridized carbons (Fsp3) is 0.391. The quantitative estimate of drug-likeness (QED) is 0.386. The summed E-state index contributed by atoms with van der Waals surface area (Å²) in [7, 11) is 3.16. The Morgan fingerprint density at radius 3 is 2.64 bits per heavy atom. The molecule has 1 saturated heterocycles. The van der Waals surface area contributed by atoms with Crippen molar-refractivity contribution in [3.63, 3.8) is 0 Å². The van der Waals surface area contributed by atoms with E-state index < -0.39 is 5.69 Å². The molecule has 36 heavy (non-hydrogen) atoms. The van der Waals surface area contributed by atoms with Crippen molar-refractivity contribution in [3.05, 3.63) is 60.7 Å². The summed E-state index contributed by atoms with van der Waals surface area (Å²) in [6.07, 6.45) is -0.330. The van der Waals surface area contributed by atoms with Crippen LogP contribution in [0.2, 0.25) is 5.22 Å². The Balaban J connectivity index is 1.65. The van der Waals surface area contributed by atoms with E-state index in [4.69, 9.17) is 25.7 Å². The number of fused-ring (bicyclic) bond motifs is 3. The van der Waals surface area contributed by atoms with Crippen LogP contribution in [0.3, 0.4) is 0 Å². The van der Waals surface area contributed by atoms with Crippen LogP contribution in [0.1, 0.15) is 22.4 Å². The Labute approximate surface area is 218 Å². The van der Waals surface area contributed by atoms with Gasteiger partial charge in [-0.3, -0.25) is 13.9 Å². The summed E-state index contributed by atoms with van der Waals surface area (Å²) < 4.78 is 15.7. The fourth-order valence-corrected chi connectivity index (χ4v) is 7.52. The highest BCUT2D eigenvalue weighted by molar-refractivity contribution is 8.00. The van der Waals surface area contributed by atoms with E-state index in [1.807, 2.05) is 18.4 Å². The Kier molecular flexibility index (Phi) is 5.58. The van der Waals surface area contributed by atoms with Crippen LogP contribution in [0.25, 0.3) is 21.6 Å². The molecular weight excluding hydrogens is 526 g/mol. The molecule has 0 spiro atoms. The molecule has 0 bridgehead atoms. The molecule has 0 N–H and O–H groups in total. The van der Waals surface area contributed by atoms with Gasteiger partial charge in [-0.05, 0) is 30.7 Å². The number of carbonyl (C=O) groups excluding carboxylic acids is 1. The summed E-state index contributed by atoms with van der Waals surface area (Å²) in [4.78, 5) is 45.2. The van der Waals surface area contributed by atoms with Crippen LogP contribution in [0.5, 0.6) is 0 Å². The molecule has 2 atom stereocenters. The molecule has 2 aliphatic heterocycles. The molecule has 4 aromatic rings. The highest BCUT2D eigenvalue weighted by atomic mass is 35.5. The minimum Gasteiger partial charge on any atom is -0.448 e. The predicted molar refractivity (Wildman–Crippen MR) is 138 cm³/mol. The van der Waals surface area contributed by atoms with Crippen LogP contribution in [-0.4, -0.2) is 54.6 Å². The highest BCUT2D eigenvalue weighted by Crippen LogP contribution is 2.49. The van der Waals surface area contributed by atoms with Gasteiger partial charge in [-0.15, -0.1) is 23.1 Å². The monoisotopic (exact) mass is 547 g/mol. The first-order valence-corrected chi connectivity index (χ1v) is 13.5. The minimum absolute atomic E-state index is 0.0421. The first-order valence-electron chi connectivity index (χ1n) is 11.3. The number of aromatic nitrogens is 4. The maximum atomic E-state index is 13.6. The van der Waals surface area contributed by atoms with Crippen molar-refractivity contribution in [3.8, 4) is 10.7 Å². The number of hydrogen-bond donors (Lipinski definition) is 0. The molecule has 0 aliphatic carbocycles. The van der Waals surface area contributed by atoms with Crippen molar-refractivity contribution >= 4 is 51.7 Å². The van der Waals surface area contributed by atoms with E-state index in [0.717, 1.165) is 16.0 Å². The van der Waals surface area contributed by atoms with Gasteiger partial charge in [0.1, 0.15) is 22.6 Å². The molecule has 4 aromatic heterocycles. The average Bonchev–Trinajstić information content (AvgIpc) is 3.63. The molecule has 0 radical (unpaired) electrons. The lowest BCUT2D eigenvalue weighted by Gasteiger charge is -2.32. The van der Waals surface area contributed by atoms with Gasteiger partial charge in [0.2, 0.25) is 0 Å². The number of ether oxygens (including phenoxy) is 1. The number of aryl methyl sites for hydroxylation is 2. The third-order valence-electron chi connectivity index (χ3n) is 6.61. The number of amides is 1. The van der Waals surface area contributed by atoms with Crippen molar-refractivity contribution in [1.82, 2.24) is 23.6 Å². The van der Waals surface area contributed by atoms with E-state index in [0.29, 0.717) is 53.6 Å². The summed E-state index contributed by atoms with van der Waals surface area (Å²) in [5, 5.41) is 2.91. The normalized spacial score (nSPS) is 19.8. The lowest BCUT2D eigenvalue weighted by Crippen LogP contribution is -2.37. The summed E-state index contributed by atoms with van der Waals surface area (Å²) in [6, 6.07) is 3.49. The standard InChI is InChI=1S/C23H22ClN5O5S2/c1-11-10-35-20(25-11)17-15-16(26(2)22(31)27(3)21(15)30)18-19(13-4-5-14(24)34-13)36-12(9-29(17)18)8-28-6-7-33-23(28)32/h4-5,10,12,19H,6-9H2,1-3H3/t12-,19+/m0/s1. The Morgan fingerprint density at radius 1 is 1.19 bits per heavy atom. The molecule has 6 rings (SSSR count). The zero-order valence-corrected chi connectivity index (χ0v) is 22.1. The predicted octanol–water partition coefficient (Wildman–Crippen LogP) is 3.37. The highest BCUT2D eigenvalue weighted by Gasteiger charge is 2.39. The Hall–Kier alpha value is -2.96. The van der Waals surface area contributed by atoms with E-state index in [-0.39, 0.29) is 27.4 Å². The molecule has 1 fully saturated rings. The second-order valence-electron chi connectivity index (χ2n) is 8.91. The van der Waals surface area contributed by atoms with Gasteiger partial charge >= 0.3 is 11.8 Å². The smallest absolute Gasteiger partial charge is 0.409 e. The van der Waals surface area contributed by atoms with Gasteiger partial charge in [-0.2, -0.15) is 0 Å². The summed E-state index contributed by atoms with van der Waals surface area (Å²) in [5.74, 6) is 0.606. The van der Waals surface area contributed by atoms with Crippen LogP contribution in [0, 0.1) is 6.92 Å². The first kappa shape index (κ1) is 23.4. The molecule has 6 heterocycles. The number of rotatable bonds is 4. The molecule has 2 aliphatic rings. The largest absolute Gasteiger partial charge is 0.448 e. The van der Waals surface area contributed by atoms with Crippen molar-refractivity contribution in [2.75, 3.05) is 19.7 Å². The molecule has 10 nitrogen and oxygen atoms in total. The number of halogens is 1. The van der Waals surface area contributed by atoms with Crippen LogP contribution in [0.15, 0.2) is 31.5 Å². The minimum atomic E-state index is -0.411. The van der Waals surface area contributed by atoms with Crippen LogP contribution < -0.4 is 11.2 Å². The van der Waals surface area contributed by atoms with E-state index in [1.165, 1.54) is 23.0 Å². The number of thiazole rings is 1. The molecule has 1 amide bonds. The van der Waals surface area contributed by atoms with Gasteiger partial charge in [0, 0.05) is 43.5 Å². The molecule has 13 heteroatoms. The fourth-order valence-electron chi connectivity index (χ4n) is 4.99. The summed E-state index contributed by atoms with van der Waals surface area (Å²) >= 11 is 9.23. The summed E-state index contributed by atoms with van der Waals surface area (Å²) in [6.45, 7) is 3.78. The number of nitrogens with zero attached hydrogens (tertiary/aromatic N) is 5. The van der Waals surface area contributed by atoms with Gasteiger partial charge in [0.15, 0.2) is 5.22 Å². The first-order chi connectivity index (χ1) is 17.2. The molecule has 188 valence electrons. The number of furan rings is 1. The molecule has 0 saturated carbocycles. The van der Waals surface area contributed by atoms with Gasteiger partial charge in [0.05, 0.1) is 28.8 Å². The topological polar surface area (TPSA) is 104 Å². The number of carbonyl (C=O) groups is 1. The molecular formula is C23H22ClN5O5S2. The van der Waals surface area contributed by atoms with E-state index >= 15 is 0 Å². The Bertz CT molecular complexity index is 1650. The second kappa shape index (κ2) is 8.56. The molecule has 0 unspecified atom stereocenters. The zero-order chi connectivity index (χ0) is 25.3. The third-order valence-corrected chi connectivity index (χ3v) is 9.19.